The first kappa shape index (κ1) is 15.3. The van der Waals surface area contributed by atoms with E-state index < -0.39 is 0 Å². The van der Waals surface area contributed by atoms with Crippen LogP contribution < -0.4 is 5.32 Å². The molecule has 0 fully saturated rings. The number of thiophene rings is 1. The van der Waals surface area contributed by atoms with Crippen LogP contribution in [0.3, 0.4) is 0 Å². The summed E-state index contributed by atoms with van der Waals surface area (Å²) < 4.78 is 0. The van der Waals surface area contributed by atoms with Crippen LogP contribution in [0.1, 0.15) is 40.2 Å². The Hall–Kier alpha value is -2.09. The van der Waals surface area contributed by atoms with Crippen molar-refractivity contribution >= 4 is 17.2 Å². The second-order valence-electron chi connectivity index (χ2n) is 4.49. The number of benzene rings is 1. The van der Waals surface area contributed by atoms with E-state index in [1.807, 2.05) is 17.5 Å². The Kier molecular flexibility index (Phi) is 5.56. The van der Waals surface area contributed by atoms with Crippen molar-refractivity contribution in [2.24, 2.45) is 0 Å². The minimum Gasteiger partial charge on any atom is -0.384 e. The van der Waals surface area contributed by atoms with Crippen LogP contribution in [0.25, 0.3) is 0 Å². The minimum atomic E-state index is -0.165. The Morgan fingerprint density at radius 3 is 2.67 bits per heavy atom. The molecular formula is C17H17NO2S. The summed E-state index contributed by atoms with van der Waals surface area (Å²) in [5.41, 5.74) is 1.39. The van der Waals surface area contributed by atoms with Gasteiger partial charge >= 0.3 is 0 Å². The third kappa shape index (κ3) is 4.19. The number of aliphatic hydroxyl groups is 1. The van der Waals surface area contributed by atoms with Gasteiger partial charge in [-0.15, -0.1) is 11.3 Å². The Bertz CT molecular complexity index is 636. The molecule has 1 atom stereocenters. The van der Waals surface area contributed by atoms with Crippen molar-refractivity contribution in [1.29, 1.82) is 0 Å². The molecule has 2 aromatic rings. The Balaban J connectivity index is 2.06. The fraction of sp³-hybridized carbons (Fsp3) is 0.235. The van der Waals surface area contributed by atoms with Gasteiger partial charge in [-0.25, -0.2) is 0 Å². The van der Waals surface area contributed by atoms with Gasteiger partial charge in [-0.3, -0.25) is 4.79 Å². The summed E-state index contributed by atoms with van der Waals surface area (Å²) in [6.45, 7) is 1.89. The Morgan fingerprint density at radius 2 is 2.10 bits per heavy atom. The number of hydrogen-bond acceptors (Lipinski definition) is 3. The third-order valence-electron chi connectivity index (χ3n) is 3.06. The van der Waals surface area contributed by atoms with E-state index in [1.54, 1.807) is 35.6 Å². The first-order valence-corrected chi connectivity index (χ1v) is 7.66. The van der Waals surface area contributed by atoms with E-state index in [-0.39, 0.29) is 18.6 Å². The summed E-state index contributed by atoms with van der Waals surface area (Å²) in [5.74, 6) is 5.30. The zero-order valence-corrected chi connectivity index (χ0v) is 12.6. The van der Waals surface area contributed by atoms with Gasteiger partial charge in [0.25, 0.3) is 5.91 Å². The molecule has 0 aliphatic rings. The molecule has 4 heteroatoms. The molecule has 21 heavy (non-hydrogen) atoms. The van der Waals surface area contributed by atoms with Crippen LogP contribution in [0.4, 0.5) is 0 Å². The molecule has 3 nitrogen and oxygen atoms in total. The van der Waals surface area contributed by atoms with Crippen LogP contribution in [0.2, 0.25) is 0 Å². The summed E-state index contributed by atoms with van der Waals surface area (Å²) in [6.07, 6.45) is 0.853. The van der Waals surface area contributed by atoms with Crippen LogP contribution in [0.15, 0.2) is 41.8 Å². The van der Waals surface area contributed by atoms with Crippen molar-refractivity contribution < 1.29 is 9.90 Å². The predicted octanol–water partition coefficient (Wildman–Crippen LogP) is 2.97. The average Bonchev–Trinajstić information content (AvgIpc) is 3.05. The van der Waals surface area contributed by atoms with Gasteiger partial charge in [0.2, 0.25) is 0 Å². The molecule has 0 radical (unpaired) electrons. The predicted molar refractivity (Wildman–Crippen MR) is 85.2 cm³/mol. The fourth-order valence-corrected chi connectivity index (χ4v) is 2.81. The largest absolute Gasteiger partial charge is 0.384 e. The highest BCUT2D eigenvalue weighted by Gasteiger charge is 2.14. The molecule has 0 aliphatic carbocycles. The maximum absolute atomic E-state index is 12.3. The molecule has 0 saturated heterocycles. The van der Waals surface area contributed by atoms with E-state index in [4.69, 9.17) is 5.11 Å². The van der Waals surface area contributed by atoms with Crippen molar-refractivity contribution in [3.05, 3.63) is 57.8 Å². The second kappa shape index (κ2) is 7.63. The fourth-order valence-electron chi connectivity index (χ4n) is 1.95. The summed E-state index contributed by atoms with van der Waals surface area (Å²) >= 11 is 1.65. The van der Waals surface area contributed by atoms with E-state index in [1.165, 1.54) is 0 Å². The first-order chi connectivity index (χ1) is 10.2. The monoisotopic (exact) mass is 299 g/mol. The molecule has 1 aromatic carbocycles. The molecule has 2 rings (SSSR count). The highest BCUT2D eigenvalue weighted by atomic mass is 32.1. The number of amides is 1. The van der Waals surface area contributed by atoms with Crippen molar-refractivity contribution in [3.63, 3.8) is 0 Å². The topological polar surface area (TPSA) is 49.3 Å². The van der Waals surface area contributed by atoms with Gasteiger partial charge in [-0.2, -0.15) is 0 Å². The second-order valence-corrected chi connectivity index (χ2v) is 5.47. The lowest BCUT2D eigenvalue weighted by Gasteiger charge is -2.15. The van der Waals surface area contributed by atoms with Crippen LogP contribution in [0, 0.1) is 11.8 Å². The molecule has 0 spiro atoms. The van der Waals surface area contributed by atoms with E-state index in [9.17, 15) is 4.79 Å². The first-order valence-electron chi connectivity index (χ1n) is 6.78. The molecule has 1 heterocycles. The van der Waals surface area contributed by atoms with Gasteiger partial charge in [0.15, 0.2) is 0 Å². The molecule has 108 valence electrons. The maximum atomic E-state index is 12.3. The van der Waals surface area contributed by atoms with Crippen LogP contribution in [0.5, 0.6) is 0 Å². The molecular weight excluding hydrogens is 282 g/mol. The molecule has 1 unspecified atom stereocenters. The summed E-state index contributed by atoms with van der Waals surface area (Å²) in [5, 5.41) is 13.7. The van der Waals surface area contributed by atoms with Gasteiger partial charge < -0.3 is 10.4 Å². The number of carbonyl (C=O) groups is 1. The van der Waals surface area contributed by atoms with Gasteiger partial charge in [0.1, 0.15) is 6.61 Å². The summed E-state index contributed by atoms with van der Waals surface area (Å²) in [4.78, 5) is 13.4. The molecule has 2 N–H and O–H groups in total. The van der Waals surface area contributed by atoms with Crippen LogP contribution in [-0.2, 0) is 0 Å². The maximum Gasteiger partial charge on any atom is 0.251 e. The van der Waals surface area contributed by atoms with E-state index in [0.717, 1.165) is 16.9 Å². The Labute approximate surface area is 128 Å². The van der Waals surface area contributed by atoms with Crippen molar-refractivity contribution in [1.82, 2.24) is 5.32 Å². The molecule has 0 aliphatic heterocycles. The van der Waals surface area contributed by atoms with E-state index in [0.29, 0.717) is 5.56 Å². The lowest BCUT2D eigenvalue weighted by Crippen LogP contribution is -2.27. The number of carbonyl (C=O) groups excluding carboxylic acids is 1. The number of hydrogen-bond donors (Lipinski definition) is 2. The molecule has 0 bridgehead atoms. The SMILES string of the molecule is CCC(NC(=O)c1ccc(C#CCO)cc1)c1cccs1. The summed E-state index contributed by atoms with van der Waals surface area (Å²) in [6, 6.07) is 11.1. The smallest absolute Gasteiger partial charge is 0.251 e. The standard InChI is InChI=1S/C17H17NO2S/c1-2-15(16-6-4-12-21-16)18-17(20)14-9-7-13(8-10-14)5-3-11-19/h4,6-10,12,15,19H,2,11H2,1H3,(H,18,20). The van der Waals surface area contributed by atoms with Crippen molar-refractivity contribution in [2.75, 3.05) is 6.61 Å². The van der Waals surface area contributed by atoms with E-state index in [2.05, 4.69) is 24.1 Å². The highest BCUT2D eigenvalue weighted by molar-refractivity contribution is 7.10. The lowest BCUT2D eigenvalue weighted by molar-refractivity contribution is 0.0936. The van der Waals surface area contributed by atoms with Crippen molar-refractivity contribution in [2.45, 2.75) is 19.4 Å². The van der Waals surface area contributed by atoms with E-state index >= 15 is 0 Å². The molecule has 1 amide bonds. The summed E-state index contributed by atoms with van der Waals surface area (Å²) in [7, 11) is 0. The number of aliphatic hydroxyl groups excluding tert-OH is 1. The van der Waals surface area contributed by atoms with Crippen LogP contribution >= 0.6 is 11.3 Å². The third-order valence-corrected chi connectivity index (χ3v) is 4.05. The number of rotatable bonds is 4. The van der Waals surface area contributed by atoms with Gasteiger partial charge in [0, 0.05) is 16.0 Å². The highest BCUT2D eigenvalue weighted by Crippen LogP contribution is 2.22. The molecule has 0 saturated carbocycles. The molecule has 1 aromatic heterocycles. The zero-order chi connectivity index (χ0) is 15.1. The quantitative estimate of drug-likeness (QED) is 0.853. The average molecular weight is 299 g/mol. The van der Waals surface area contributed by atoms with Gasteiger partial charge in [-0.1, -0.05) is 24.8 Å². The number of nitrogens with one attached hydrogen (secondary N) is 1. The van der Waals surface area contributed by atoms with Gasteiger partial charge in [-0.05, 0) is 42.1 Å². The van der Waals surface area contributed by atoms with Crippen molar-refractivity contribution in [3.8, 4) is 11.8 Å². The normalized spacial score (nSPS) is 11.3. The lowest BCUT2D eigenvalue weighted by atomic mass is 10.1. The van der Waals surface area contributed by atoms with Crippen LogP contribution in [-0.4, -0.2) is 17.6 Å². The minimum absolute atomic E-state index is 0.0476. The Morgan fingerprint density at radius 1 is 1.33 bits per heavy atom. The van der Waals surface area contributed by atoms with Gasteiger partial charge in [0.05, 0.1) is 6.04 Å². The zero-order valence-electron chi connectivity index (χ0n) is 11.8.